The van der Waals surface area contributed by atoms with Gasteiger partial charge < -0.3 is 5.32 Å². The fourth-order valence-corrected chi connectivity index (χ4v) is 3.42. The van der Waals surface area contributed by atoms with Gasteiger partial charge in [-0.15, -0.1) is 0 Å². The zero-order valence-electron chi connectivity index (χ0n) is 13.5. The van der Waals surface area contributed by atoms with Crippen LogP contribution in [0.4, 0.5) is 4.39 Å². The third-order valence-corrected chi connectivity index (χ3v) is 4.88. The normalized spacial score (nSPS) is 18.7. The van der Waals surface area contributed by atoms with E-state index in [9.17, 15) is 9.18 Å². The predicted octanol–water partition coefficient (Wildman–Crippen LogP) is 3.20. The first-order valence-corrected chi connectivity index (χ1v) is 8.57. The van der Waals surface area contributed by atoms with E-state index in [4.69, 9.17) is 0 Å². The van der Waals surface area contributed by atoms with Gasteiger partial charge in [0.15, 0.2) is 0 Å². The van der Waals surface area contributed by atoms with Gasteiger partial charge in [0.1, 0.15) is 11.9 Å². The van der Waals surface area contributed by atoms with Crippen molar-refractivity contribution in [1.29, 1.82) is 0 Å². The van der Waals surface area contributed by atoms with Gasteiger partial charge in [-0.2, -0.15) is 0 Å². The molecule has 1 fully saturated rings. The largest absolute Gasteiger partial charge is 0.352 e. The second kappa shape index (κ2) is 6.36. The van der Waals surface area contributed by atoms with Gasteiger partial charge in [-0.25, -0.2) is 4.39 Å². The fourth-order valence-electron chi connectivity index (χ4n) is 3.42. The van der Waals surface area contributed by atoms with E-state index in [1.54, 1.807) is 12.1 Å². The monoisotopic (exact) mass is 324 g/mol. The van der Waals surface area contributed by atoms with Gasteiger partial charge in [-0.1, -0.05) is 36.4 Å². The van der Waals surface area contributed by atoms with Crippen LogP contribution in [0.5, 0.6) is 0 Å². The standard InChI is InChI=1S/C20H21FN2O/c21-17-7-5-15(6-8-17)19(20(24)22-18-9-10-18)23-12-11-14-3-1-2-4-16(14)13-23/h1-8,18-19H,9-13H2,(H,22,24)/t19-/m0/s1. The summed E-state index contributed by atoms with van der Waals surface area (Å²) < 4.78 is 13.3. The topological polar surface area (TPSA) is 32.3 Å². The van der Waals surface area contributed by atoms with E-state index in [1.807, 2.05) is 6.07 Å². The number of rotatable bonds is 4. The second-order valence-electron chi connectivity index (χ2n) is 6.73. The Labute approximate surface area is 141 Å². The minimum Gasteiger partial charge on any atom is -0.352 e. The Morgan fingerprint density at radius 1 is 1.08 bits per heavy atom. The Kier molecular flexibility index (Phi) is 4.07. The van der Waals surface area contributed by atoms with Gasteiger partial charge in [0.25, 0.3) is 0 Å². The van der Waals surface area contributed by atoms with Crippen LogP contribution >= 0.6 is 0 Å². The predicted molar refractivity (Wildman–Crippen MR) is 90.9 cm³/mol. The Morgan fingerprint density at radius 3 is 2.50 bits per heavy atom. The maximum Gasteiger partial charge on any atom is 0.242 e. The van der Waals surface area contributed by atoms with E-state index in [-0.39, 0.29) is 17.8 Å². The minimum atomic E-state index is -0.362. The van der Waals surface area contributed by atoms with Crippen LogP contribution in [0.15, 0.2) is 48.5 Å². The molecule has 1 saturated carbocycles. The molecule has 0 unspecified atom stereocenters. The molecular weight excluding hydrogens is 303 g/mol. The number of hydrogen-bond acceptors (Lipinski definition) is 2. The van der Waals surface area contributed by atoms with Crippen molar-refractivity contribution in [2.24, 2.45) is 0 Å². The second-order valence-corrected chi connectivity index (χ2v) is 6.73. The highest BCUT2D eigenvalue weighted by molar-refractivity contribution is 5.83. The fraction of sp³-hybridized carbons (Fsp3) is 0.350. The highest BCUT2D eigenvalue weighted by atomic mass is 19.1. The average Bonchev–Trinajstić information content (AvgIpc) is 3.41. The first-order chi connectivity index (χ1) is 11.7. The van der Waals surface area contributed by atoms with E-state index in [1.165, 1.54) is 23.3 Å². The van der Waals surface area contributed by atoms with Crippen molar-refractivity contribution in [2.75, 3.05) is 6.54 Å². The molecule has 0 aromatic heterocycles. The zero-order chi connectivity index (χ0) is 16.5. The molecule has 1 N–H and O–H groups in total. The van der Waals surface area contributed by atoms with Crippen LogP contribution in [0.2, 0.25) is 0 Å². The number of fused-ring (bicyclic) bond motifs is 1. The lowest BCUT2D eigenvalue weighted by atomic mass is 9.96. The van der Waals surface area contributed by atoms with Gasteiger partial charge >= 0.3 is 0 Å². The summed E-state index contributed by atoms with van der Waals surface area (Å²) in [6.07, 6.45) is 3.06. The third kappa shape index (κ3) is 3.20. The Bertz CT molecular complexity index is 740. The van der Waals surface area contributed by atoms with Crippen LogP contribution in [0, 0.1) is 5.82 Å². The summed E-state index contributed by atoms with van der Waals surface area (Å²) in [6.45, 7) is 1.58. The summed E-state index contributed by atoms with van der Waals surface area (Å²) >= 11 is 0. The molecule has 2 aromatic carbocycles. The van der Waals surface area contributed by atoms with Crippen molar-refractivity contribution < 1.29 is 9.18 Å². The number of amides is 1. The quantitative estimate of drug-likeness (QED) is 0.937. The lowest BCUT2D eigenvalue weighted by molar-refractivity contribution is -0.127. The molecule has 2 aromatic rings. The number of hydrogen-bond donors (Lipinski definition) is 1. The van der Waals surface area contributed by atoms with E-state index in [2.05, 4.69) is 28.4 Å². The van der Waals surface area contributed by atoms with Crippen molar-refractivity contribution in [2.45, 2.75) is 37.9 Å². The summed E-state index contributed by atoms with van der Waals surface area (Å²) in [7, 11) is 0. The van der Waals surface area contributed by atoms with Crippen molar-refractivity contribution in [3.63, 3.8) is 0 Å². The lowest BCUT2D eigenvalue weighted by Gasteiger charge is -2.35. The summed E-state index contributed by atoms with van der Waals surface area (Å²) in [5.74, 6) is -0.243. The maximum atomic E-state index is 13.3. The number of benzene rings is 2. The molecular formula is C20H21FN2O. The molecule has 0 bridgehead atoms. The first kappa shape index (κ1) is 15.3. The molecule has 3 nitrogen and oxygen atoms in total. The Morgan fingerprint density at radius 2 is 1.79 bits per heavy atom. The number of halogens is 1. The molecule has 1 atom stereocenters. The van der Waals surface area contributed by atoms with Crippen LogP contribution in [-0.4, -0.2) is 23.4 Å². The maximum absolute atomic E-state index is 13.3. The SMILES string of the molecule is O=C(NC1CC1)[C@H](c1ccc(F)cc1)N1CCc2ccccc2C1. The summed E-state index contributed by atoms with van der Waals surface area (Å²) in [5, 5.41) is 3.11. The average molecular weight is 324 g/mol. The third-order valence-electron chi connectivity index (χ3n) is 4.88. The smallest absolute Gasteiger partial charge is 0.242 e. The van der Waals surface area contributed by atoms with Crippen LogP contribution in [0.1, 0.15) is 35.6 Å². The highest BCUT2D eigenvalue weighted by Gasteiger charge is 2.33. The van der Waals surface area contributed by atoms with Crippen LogP contribution < -0.4 is 5.32 Å². The number of carbonyl (C=O) groups excluding carboxylic acids is 1. The molecule has 1 amide bonds. The molecule has 1 aliphatic heterocycles. The molecule has 4 heteroatoms. The number of carbonyl (C=O) groups is 1. The molecule has 24 heavy (non-hydrogen) atoms. The summed E-state index contributed by atoms with van der Waals surface area (Å²) in [5.41, 5.74) is 3.48. The van der Waals surface area contributed by atoms with Gasteiger partial charge in [-0.3, -0.25) is 9.69 Å². The molecule has 1 heterocycles. The van der Waals surface area contributed by atoms with E-state index in [0.29, 0.717) is 6.04 Å². The lowest BCUT2D eigenvalue weighted by Crippen LogP contribution is -2.43. The van der Waals surface area contributed by atoms with E-state index < -0.39 is 0 Å². The van der Waals surface area contributed by atoms with Gasteiger partial charge in [0.2, 0.25) is 5.91 Å². The zero-order valence-corrected chi connectivity index (χ0v) is 13.5. The Balaban J connectivity index is 1.62. The van der Waals surface area contributed by atoms with E-state index in [0.717, 1.165) is 37.9 Å². The molecule has 2 aliphatic rings. The highest BCUT2D eigenvalue weighted by Crippen LogP contribution is 2.29. The summed E-state index contributed by atoms with van der Waals surface area (Å²) in [6, 6.07) is 14.7. The molecule has 124 valence electrons. The molecule has 0 radical (unpaired) electrons. The van der Waals surface area contributed by atoms with Crippen molar-refractivity contribution in [3.05, 3.63) is 71.0 Å². The van der Waals surface area contributed by atoms with E-state index >= 15 is 0 Å². The van der Waals surface area contributed by atoms with Gasteiger partial charge in [0.05, 0.1) is 0 Å². The van der Waals surface area contributed by atoms with Crippen LogP contribution in [-0.2, 0) is 17.8 Å². The van der Waals surface area contributed by atoms with Crippen molar-refractivity contribution >= 4 is 5.91 Å². The molecule has 4 rings (SSSR count). The van der Waals surface area contributed by atoms with Crippen molar-refractivity contribution in [1.82, 2.24) is 10.2 Å². The van der Waals surface area contributed by atoms with Crippen molar-refractivity contribution in [3.8, 4) is 0 Å². The minimum absolute atomic E-state index is 0.0310. The molecule has 0 spiro atoms. The summed E-state index contributed by atoms with van der Waals surface area (Å²) in [4.78, 5) is 15.0. The van der Waals surface area contributed by atoms with Crippen LogP contribution in [0.25, 0.3) is 0 Å². The van der Waals surface area contributed by atoms with Gasteiger partial charge in [-0.05, 0) is 48.1 Å². The number of nitrogens with zero attached hydrogens (tertiary/aromatic N) is 1. The number of nitrogens with one attached hydrogen (secondary N) is 1. The molecule has 0 saturated heterocycles. The Hall–Kier alpha value is -2.20. The first-order valence-electron chi connectivity index (χ1n) is 8.57. The van der Waals surface area contributed by atoms with Gasteiger partial charge in [0, 0.05) is 19.1 Å². The van der Waals surface area contributed by atoms with Crippen LogP contribution in [0.3, 0.4) is 0 Å². The molecule has 1 aliphatic carbocycles.